The number of nitrogens with one attached hydrogen (secondary N) is 1. The van der Waals surface area contributed by atoms with E-state index in [-0.39, 0.29) is 5.69 Å². The molecule has 1 heterocycles. The summed E-state index contributed by atoms with van der Waals surface area (Å²) < 4.78 is 39.3. The zero-order chi connectivity index (χ0) is 18.8. The Balaban J connectivity index is 2.13. The number of ether oxygens (including phenoxy) is 2. The van der Waals surface area contributed by atoms with Crippen LogP contribution in [-0.4, -0.2) is 38.3 Å². The monoisotopic (exact) mass is 359 g/mol. The van der Waals surface area contributed by atoms with Crippen LogP contribution in [0.5, 0.6) is 11.5 Å². The van der Waals surface area contributed by atoms with Crippen molar-refractivity contribution in [2.45, 2.75) is 0 Å². The zero-order valence-corrected chi connectivity index (χ0v) is 14.9. The molecule has 136 valence electrons. The van der Waals surface area contributed by atoms with Crippen molar-refractivity contribution in [2.24, 2.45) is 0 Å². The van der Waals surface area contributed by atoms with Crippen LogP contribution in [0, 0.1) is 11.6 Å². The van der Waals surface area contributed by atoms with Crippen molar-refractivity contribution >= 4 is 5.69 Å². The standard InChI is InChI=1S/C19H19F2N3O2/c1-24(2)19-15(20)7-12(8-16(19)21)18-17(22-10-23-18)11-5-13(25-3)9-14(6-11)26-4/h5-10H,1-4H3,(H,22,23). The van der Waals surface area contributed by atoms with Gasteiger partial charge in [0.15, 0.2) is 0 Å². The van der Waals surface area contributed by atoms with Crippen molar-refractivity contribution in [2.75, 3.05) is 33.2 Å². The molecule has 0 aliphatic carbocycles. The van der Waals surface area contributed by atoms with Gasteiger partial charge in [0.25, 0.3) is 0 Å². The van der Waals surface area contributed by atoms with Crippen LogP contribution < -0.4 is 14.4 Å². The average Bonchev–Trinajstić information content (AvgIpc) is 3.10. The number of halogens is 2. The van der Waals surface area contributed by atoms with Gasteiger partial charge in [0.1, 0.15) is 28.8 Å². The molecular weight excluding hydrogens is 340 g/mol. The molecule has 5 nitrogen and oxygen atoms in total. The molecule has 0 bridgehead atoms. The molecule has 3 aromatic rings. The highest BCUT2D eigenvalue weighted by Gasteiger charge is 2.18. The maximum Gasteiger partial charge on any atom is 0.150 e. The van der Waals surface area contributed by atoms with Crippen molar-refractivity contribution < 1.29 is 18.3 Å². The molecule has 7 heteroatoms. The first-order valence-corrected chi connectivity index (χ1v) is 7.88. The summed E-state index contributed by atoms with van der Waals surface area (Å²) in [6.45, 7) is 0. The first-order chi connectivity index (χ1) is 12.4. The number of benzene rings is 2. The van der Waals surface area contributed by atoms with E-state index in [0.29, 0.717) is 28.5 Å². The fourth-order valence-corrected chi connectivity index (χ4v) is 2.81. The molecule has 0 aliphatic heterocycles. The van der Waals surface area contributed by atoms with Crippen molar-refractivity contribution in [1.29, 1.82) is 0 Å². The molecule has 0 aliphatic rings. The molecule has 0 amide bonds. The minimum Gasteiger partial charge on any atom is -0.497 e. The second-order valence-corrected chi connectivity index (χ2v) is 5.91. The van der Waals surface area contributed by atoms with E-state index < -0.39 is 11.6 Å². The number of aromatic nitrogens is 2. The third kappa shape index (κ3) is 3.20. The van der Waals surface area contributed by atoms with Crippen LogP contribution in [0.4, 0.5) is 14.5 Å². The van der Waals surface area contributed by atoms with Gasteiger partial charge in [-0.25, -0.2) is 13.8 Å². The third-order valence-corrected chi connectivity index (χ3v) is 4.02. The first kappa shape index (κ1) is 17.7. The van der Waals surface area contributed by atoms with Gasteiger partial charge >= 0.3 is 0 Å². The molecular formula is C19H19F2N3O2. The lowest BCUT2D eigenvalue weighted by molar-refractivity contribution is 0.394. The highest BCUT2D eigenvalue weighted by Crippen LogP contribution is 2.36. The summed E-state index contributed by atoms with van der Waals surface area (Å²) in [4.78, 5) is 8.66. The minimum absolute atomic E-state index is 0.0890. The van der Waals surface area contributed by atoms with E-state index in [1.54, 1.807) is 46.5 Å². The summed E-state index contributed by atoms with van der Waals surface area (Å²) in [5.41, 5.74) is 2.02. The molecule has 1 aromatic heterocycles. The Morgan fingerprint density at radius 3 is 1.96 bits per heavy atom. The van der Waals surface area contributed by atoms with E-state index in [0.717, 1.165) is 5.56 Å². The van der Waals surface area contributed by atoms with Crippen LogP contribution in [0.3, 0.4) is 0 Å². The fraction of sp³-hybridized carbons (Fsp3) is 0.211. The number of hydrogen-bond acceptors (Lipinski definition) is 4. The Morgan fingerprint density at radius 1 is 0.885 bits per heavy atom. The van der Waals surface area contributed by atoms with Crippen molar-refractivity contribution in [3.63, 3.8) is 0 Å². The van der Waals surface area contributed by atoms with Crippen LogP contribution in [0.25, 0.3) is 22.5 Å². The maximum absolute atomic E-state index is 14.4. The molecule has 2 aromatic carbocycles. The van der Waals surface area contributed by atoms with Gasteiger partial charge in [-0.15, -0.1) is 0 Å². The number of nitrogens with zero attached hydrogens (tertiary/aromatic N) is 2. The number of aromatic amines is 1. The topological polar surface area (TPSA) is 50.4 Å². The quantitative estimate of drug-likeness (QED) is 0.745. The summed E-state index contributed by atoms with van der Waals surface area (Å²) in [5, 5.41) is 0. The summed E-state index contributed by atoms with van der Waals surface area (Å²) in [6.07, 6.45) is 1.48. The van der Waals surface area contributed by atoms with E-state index in [2.05, 4.69) is 9.97 Å². The van der Waals surface area contributed by atoms with Crippen molar-refractivity contribution in [1.82, 2.24) is 9.97 Å². The Bertz CT molecular complexity index is 893. The molecule has 0 saturated carbocycles. The van der Waals surface area contributed by atoms with Crippen LogP contribution in [0.15, 0.2) is 36.7 Å². The lowest BCUT2D eigenvalue weighted by Crippen LogP contribution is -2.13. The Morgan fingerprint density at radius 2 is 1.46 bits per heavy atom. The van der Waals surface area contributed by atoms with Gasteiger partial charge in [-0.05, 0) is 24.3 Å². The number of rotatable bonds is 5. The van der Waals surface area contributed by atoms with Crippen LogP contribution in [0.1, 0.15) is 0 Å². The number of hydrogen-bond donors (Lipinski definition) is 1. The van der Waals surface area contributed by atoms with Crippen molar-refractivity contribution in [3.8, 4) is 34.0 Å². The molecule has 0 unspecified atom stereocenters. The van der Waals surface area contributed by atoms with Gasteiger partial charge in [-0.3, -0.25) is 0 Å². The maximum atomic E-state index is 14.4. The highest BCUT2D eigenvalue weighted by atomic mass is 19.1. The molecule has 1 N–H and O–H groups in total. The van der Waals surface area contributed by atoms with E-state index in [9.17, 15) is 8.78 Å². The summed E-state index contributed by atoms with van der Waals surface area (Å²) in [6, 6.07) is 7.87. The smallest absolute Gasteiger partial charge is 0.150 e. The lowest BCUT2D eigenvalue weighted by atomic mass is 10.0. The SMILES string of the molecule is COc1cc(OC)cc(-c2[nH]cnc2-c2cc(F)c(N(C)C)c(F)c2)c1. The summed E-state index contributed by atoms with van der Waals surface area (Å²) in [5.74, 6) is -0.107. The normalized spacial score (nSPS) is 10.7. The summed E-state index contributed by atoms with van der Waals surface area (Å²) in [7, 11) is 6.28. The number of imidazole rings is 1. The van der Waals surface area contributed by atoms with Crippen LogP contribution in [0.2, 0.25) is 0 Å². The largest absolute Gasteiger partial charge is 0.497 e. The third-order valence-electron chi connectivity index (χ3n) is 4.02. The molecule has 0 fully saturated rings. The molecule has 26 heavy (non-hydrogen) atoms. The number of methoxy groups -OCH3 is 2. The Labute approximate surface area is 150 Å². The fourth-order valence-electron chi connectivity index (χ4n) is 2.81. The average molecular weight is 359 g/mol. The zero-order valence-electron chi connectivity index (χ0n) is 14.9. The van der Waals surface area contributed by atoms with E-state index in [1.807, 2.05) is 0 Å². The second kappa shape index (κ2) is 7.03. The van der Waals surface area contributed by atoms with Gasteiger partial charge < -0.3 is 19.4 Å². The van der Waals surface area contributed by atoms with Gasteiger partial charge in [0, 0.05) is 31.3 Å². The number of H-pyrrole nitrogens is 1. The predicted octanol–water partition coefficient (Wildman–Crippen LogP) is 4.11. The van der Waals surface area contributed by atoms with Crippen LogP contribution in [-0.2, 0) is 0 Å². The second-order valence-electron chi connectivity index (χ2n) is 5.91. The first-order valence-electron chi connectivity index (χ1n) is 7.88. The van der Waals surface area contributed by atoms with Gasteiger partial charge in [-0.1, -0.05) is 0 Å². The van der Waals surface area contributed by atoms with E-state index >= 15 is 0 Å². The molecule has 0 radical (unpaired) electrons. The lowest BCUT2D eigenvalue weighted by Gasteiger charge is -2.15. The van der Waals surface area contributed by atoms with E-state index in [4.69, 9.17) is 9.47 Å². The molecule has 0 atom stereocenters. The van der Waals surface area contributed by atoms with Gasteiger partial charge in [-0.2, -0.15) is 0 Å². The molecule has 0 saturated heterocycles. The van der Waals surface area contributed by atoms with E-state index in [1.165, 1.54) is 23.4 Å². The minimum atomic E-state index is -0.651. The van der Waals surface area contributed by atoms with Gasteiger partial charge in [0.05, 0.1) is 31.9 Å². The van der Waals surface area contributed by atoms with Gasteiger partial charge in [0.2, 0.25) is 0 Å². The van der Waals surface area contributed by atoms with Crippen LogP contribution >= 0.6 is 0 Å². The highest BCUT2D eigenvalue weighted by molar-refractivity contribution is 5.80. The number of anilines is 1. The Kier molecular flexibility index (Phi) is 4.79. The molecule has 3 rings (SSSR count). The summed E-state index contributed by atoms with van der Waals surface area (Å²) >= 11 is 0. The molecule has 0 spiro atoms. The Hall–Kier alpha value is -3.09. The predicted molar refractivity (Wildman–Crippen MR) is 96.8 cm³/mol. The van der Waals surface area contributed by atoms with Crippen molar-refractivity contribution in [3.05, 3.63) is 48.3 Å².